The number of aromatic nitrogens is 2. The maximum absolute atomic E-state index is 14.2. The number of fused-ring (bicyclic) bond motifs is 1. The Kier molecular flexibility index (Phi) is 7.59. The molecule has 1 aromatic carbocycles. The lowest BCUT2D eigenvalue weighted by molar-refractivity contribution is 0.0312. The first-order valence-corrected chi connectivity index (χ1v) is 11.8. The zero-order valence-electron chi connectivity index (χ0n) is 20.5. The SMILES string of the molecule is C[C@H]1CN([C@@H](C)CO)C(=O)c2cc(-c3cccnc3)cnc2O[C@H]1CN(C)C(=O)c1ccccc1F. The number of aliphatic hydroxyl groups excluding tert-OH is 1. The van der Waals surface area contributed by atoms with Gasteiger partial charge in [-0.25, -0.2) is 9.37 Å². The minimum atomic E-state index is -0.593. The van der Waals surface area contributed by atoms with Gasteiger partial charge in [-0.2, -0.15) is 0 Å². The Labute approximate surface area is 209 Å². The first-order valence-electron chi connectivity index (χ1n) is 11.8. The van der Waals surface area contributed by atoms with Gasteiger partial charge in [-0.1, -0.05) is 25.1 Å². The maximum Gasteiger partial charge on any atom is 0.259 e. The largest absolute Gasteiger partial charge is 0.472 e. The average Bonchev–Trinajstić information content (AvgIpc) is 2.90. The fourth-order valence-electron chi connectivity index (χ4n) is 4.20. The number of amides is 2. The van der Waals surface area contributed by atoms with Crippen LogP contribution in [0.4, 0.5) is 4.39 Å². The minimum Gasteiger partial charge on any atom is -0.472 e. The Hall–Kier alpha value is -3.85. The van der Waals surface area contributed by atoms with E-state index in [2.05, 4.69) is 9.97 Å². The van der Waals surface area contributed by atoms with E-state index in [1.807, 2.05) is 13.0 Å². The summed E-state index contributed by atoms with van der Waals surface area (Å²) < 4.78 is 20.4. The Morgan fingerprint density at radius 1 is 1.25 bits per heavy atom. The van der Waals surface area contributed by atoms with Crippen LogP contribution in [0.25, 0.3) is 11.1 Å². The molecule has 0 radical (unpaired) electrons. The minimum absolute atomic E-state index is 0.0242. The number of pyridine rings is 2. The summed E-state index contributed by atoms with van der Waals surface area (Å²) in [7, 11) is 1.59. The summed E-state index contributed by atoms with van der Waals surface area (Å²) in [5.74, 6) is -1.43. The number of aliphatic hydroxyl groups is 1. The summed E-state index contributed by atoms with van der Waals surface area (Å²) in [5, 5.41) is 9.83. The number of hydrogen-bond donors (Lipinski definition) is 1. The van der Waals surface area contributed by atoms with Crippen molar-refractivity contribution < 1.29 is 23.8 Å². The smallest absolute Gasteiger partial charge is 0.259 e. The Balaban J connectivity index is 1.68. The first-order chi connectivity index (χ1) is 17.3. The van der Waals surface area contributed by atoms with E-state index in [1.165, 1.54) is 23.1 Å². The molecule has 8 nitrogen and oxygen atoms in total. The van der Waals surface area contributed by atoms with Crippen molar-refractivity contribution in [3.05, 3.63) is 78.0 Å². The van der Waals surface area contributed by atoms with E-state index in [-0.39, 0.29) is 42.0 Å². The van der Waals surface area contributed by atoms with Gasteiger partial charge in [0.05, 0.1) is 24.8 Å². The second kappa shape index (κ2) is 10.8. The van der Waals surface area contributed by atoms with E-state index < -0.39 is 23.9 Å². The van der Waals surface area contributed by atoms with Crippen LogP contribution in [0.1, 0.15) is 34.6 Å². The van der Waals surface area contributed by atoms with Gasteiger partial charge in [0.2, 0.25) is 5.88 Å². The van der Waals surface area contributed by atoms with Crippen LogP contribution in [0.5, 0.6) is 5.88 Å². The molecule has 3 atom stereocenters. The monoisotopic (exact) mass is 492 g/mol. The van der Waals surface area contributed by atoms with Gasteiger partial charge in [0.1, 0.15) is 17.5 Å². The molecule has 9 heteroatoms. The summed E-state index contributed by atoms with van der Waals surface area (Å²) in [6.45, 7) is 3.92. The molecule has 0 bridgehead atoms. The van der Waals surface area contributed by atoms with Crippen molar-refractivity contribution in [3.63, 3.8) is 0 Å². The van der Waals surface area contributed by atoms with Gasteiger partial charge in [-0.3, -0.25) is 14.6 Å². The van der Waals surface area contributed by atoms with Crippen LogP contribution in [0.3, 0.4) is 0 Å². The zero-order chi connectivity index (χ0) is 25.8. The number of ether oxygens (including phenoxy) is 1. The molecule has 3 aromatic rings. The molecule has 0 unspecified atom stereocenters. The molecule has 2 amide bonds. The van der Waals surface area contributed by atoms with Crippen LogP contribution in [0.15, 0.2) is 61.1 Å². The Bertz CT molecular complexity index is 1240. The number of carbonyl (C=O) groups is 2. The second-order valence-corrected chi connectivity index (χ2v) is 9.11. The van der Waals surface area contributed by atoms with E-state index in [4.69, 9.17) is 4.74 Å². The molecule has 2 aromatic heterocycles. The predicted octanol–water partition coefficient (Wildman–Crippen LogP) is 3.28. The highest BCUT2D eigenvalue weighted by molar-refractivity contribution is 5.98. The van der Waals surface area contributed by atoms with Crippen molar-refractivity contribution in [3.8, 4) is 17.0 Å². The van der Waals surface area contributed by atoms with Gasteiger partial charge < -0.3 is 19.6 Å². The number of halogens is 1. The summed E-state index contributed by atoms with van der Waals surface area (Å²) in [4.78, 5) is 38.1. The lowest BCUT2D eigenvalue weighted by Gasteiger charge is -2.37. The molecule has 36 heavy (non-hydrogen) atoms. The van der Waals surface area contributed by atoms with Crippen LogP contribution >= 0.6 is 0 Å². The number of benzene rings is 1. The molecule has 188 valence electrons. The topological polar surface area (TPSA) is 95.9 Å². The number of rotatable bonds is 6. The maximum atomic E-state index is 14.2. The van der Waals surface area contributed by atoms with Gasteiger partial charge in [0.15, 0.2) is 0 Å². The van der Waals surface area contributed by atoms with Gasteiger partial charge in [0.25, 0.3) is 11.8 Å². The summed E-state index contributed by atoms with van der Waals surface area (Å²) >= 11 is 0. The fourth-order valence-corrected chi connectivity index (χ4v) is 4.20. The lowest BCUT2D eigenvalue weighted by atomic mass is 9.99. The molecule has 1 aliphatic rings. The van der Waals surface area contributed by atoms with E-state index in [9.17, 15) is 19.1 Å². The van der Waals surface area contributed by atoms with Crippen LogP contribution in [0.2, 0.25) is 0 Å². The lowest BCUT2D eigenvalue weighted by Crippen LogP contribution is -2.50. The molecule has 0 spiro atoms. The molecule has 0 fully saturated rings. The van der Waals surface area contributed by atoms with Crippen LogP contribution in [-0.2, 0) is 0 Å². The molecule has 0 saturated heterocycles. The van der Waals surface area contributed by atoms with Crippen LogP contribution in [-0.4, -0.2) is 75.6 Å². The normalized spacial score (nSPS) is 18.5. The summed E-state index contributed by atoms with van der Waals surface area (Å²) in [6.07, 6.45) is 4.41. The van der Waals surface area contributed by atoms with Gasteiger partial charge in [0, 0.05) is 49.2 Å². The van der Waals surface area contributed by atoms with E-state index in [1.54, 1.807) is 55.7 Å². The Morgan fingerprint density at radius 3 is 2.72 bits per heavy atom. The average molecular weight is 493 g/mol. The molecule has 1 N–H and O–H groups in total. The highest BCUT2D eigenvalue weighted by Gasteiger charge is 2.35. The number of hydrogen-bond acceptors (Lipinski definition) is 6. The van der Waals surface area contributed by atoms with Crippen molar-refractivity contribution in [2.45, 2.75) is 26.0 Å². The third kappa shape index (κ3) is 5.21. The quantitative estimate of drug-likeness (QED) is 0.568. The summed E-state index contributed by atoms with van der Waals surface area (Å²) in [5.41, 5.74) is 1.73. The molecule has 0 aliphatic carbocycles. The zero-order valence-corrected chi connectivity index (χ0v) is 20.5. The third-order valence-electron chi connectivity index (χ3n) is 6.42. The molecular weight excluding hydrogens is 463 g/mol. The van der Waals surface area contributed by atoms with Gasteiger partial charge >= 0.3 is 0 Å². The van der Waals surface area contributed by atoms with E-state index >= 15 is 0 Å². The fraction of sp³-hybridized carbons (Fsp3) is 0.333. The van der Waals surface area contributed by atoms with Crippen molar-refractivity contribution >= 4 is 11.8 Å². The number of carbonyl (C=O) groups excluding carboxylic acids is 2. The van der Waals surface area contributed by atoms with Crippen LogP contribution in [0, 0.1) is 11.7 Å². The predicted molar refractivity (Wildman–Crippen MR) is 132 cm³/mol. The van der Waals surface area contributed by atoms with Crippen molar-refractivity contribution in [1.29, 1.82) is 0 Å². The molecule has 1 aliphatic heterocycles. The van der Waals surface area contributed by atoms with Crippen molar-refractivity contribution in [2.24, 2.45) is 5.92 Å². The first kappa shape index (κ1) is 25.2. The van der Waals surface area contributed by atoms with Crippen molar-refractivity contribution in [1.82, 2.24) is 19.8 Å². The van der Waals surface area contributed by atoms with Gasteiger partial charge in [-0.05, 0) is 31.2 Å². The Morgan fingerprint density at radius 2 is 2.03 bits per heavy atom. The van der Waals surface area contributed by atoms with Crippen molar-refractivity contribution in [2.75, 3.05) is 26.7 Å². The number of likely N-dealkylation sites (N-methyl/N-ethyl adjacent to an activating group) is 1. The highest BCUT2D eigenvalue weighted by atomic mass is 19.1. The molecular formula is C27H29FN4O4. The standard InChI is InChI=1S/C27H29FN4O4/c1-17-14-32(18(2)16-33)27(35)22-11-20(19-7-6-10-29-12-19)13-30-25(22)36-24(17)15-31(3)26(34)21-8-4-5-9-23(21)28/h4-13,17-18,24,33H,14-16H2,1-3H3/t17-,18-,24-/m0/s1. The van der Waals surface area contributed by atoms with Gasteiger partial charge in [-0.15, -0.1) is 0 Å². The third-order valence-corrected chi connectivity index (χ3v) is 6.42. The molecule has 0 saturated carbocycles. The van der Waals surface area contributed by atoms with Crippen LogP contribution < -0.4 is 4.74 Å². The van der Waals surface area contributed by atoms with E-state index in [0.717, 1.165) is 5.56 Å². The summed E-state index contributed by atoms with van der Waals surface area (Å²) in [6, 6.07) is 10.8. The second-order valence-electron chi connectivity index (χ2n) is 9.11. The number of nitrogens with zero attached hydrogens (tertiary/aromatic N) is 4. The van der Waals surface area contributed by atoms with E-state index in [0.29, 0.717) is 12.1 Å². The molecule has 3 heterocycles. The molecule has 4 rings (SSSR count). The highest BCUT2D eigenvalue weighted by Crippen LogP contribution is 2.30.